The molecule has 5 atom stereocenters. The van der Waals surface area contributed by atoms with E-state index in [1.54, 1.807) is 0 Å². The van der Waals surface area contributed by atoms with E-state index in [-0.39, 0.29) is 21.6 Å². The summed E-state index contributed by atoms with van der Waals surface area (Å²) < 4.78 is 6.47. The van der Waals surface area contributed by atoms with E-state index in [0.29, 0.717) is 0 Å². The molecule has 0 aliphatic carbocycles. The van der Waals surface area contributed by atoms with Gasteiger partial charge in [-0.15, -0.1) is 0 Å². The van der Waals surface area contributed by atoms with Gasteiger partial charge < -0.3 is 0 Å². The van der Waals surface area contributed by atoms with Gasteiger partial charge in [-0.3, -0.25) is 0 Å². The van der Waals surface area contributed by atoms with Gasteiger partial charge in [-0.25, -0.2) is 0 Å². The van der Waals surface area contributed by atoms with E-state index >= 15 is 0 Å². The third kappa shape index (κ3) is 2.92. The number of hydrogen-bond donors (Lipinski definition) is 4. The first-order chi connectivity index (χ1) is 8.63. The van der Waals surface area contributed by atoms with E-state index in [0.717, 1.165) is 4.46 Å². The minimum atomic E-state index is -1.29. The third-order valence-corrected chi connectivity index (χ3v) is 5.29. The van der Waals surface area contributed by atoms with Gasteiger partial charge in [0.2, 0.25) is 0 Å². The quantitative estimate of drug-likeness (QED) is 0.476. The van der Waals surface area contributed by atoms with E-state index in [1.807, 2.05) is 30.3 Å². The number of ether oxygens (including phenoxy) is 1. The number of benzene rings is 1. The first-order valence-electron chi connectivity index (χ1n) is 5.65. The van der Waals surface area contributed by atoms with Crippen LogP contribution in [-0.2, 0) is 4.74 Å². The van der Waals surface area contributed by atoms with Crippen molar-refractivity contribution in [2.75, 3.05) is 6.61 Å². The SMILES string of the molecule is OC[C@H]1O[C@@H]([Se]c2ccccc2)[C@H](O)[C@@H](O)[C@@H]1O. The monoisotopic (exact) mass is 320 g/mol. The van der Waals surface area contributed by atoms with Crippen molar-refractivity contribution in [1.29, 1.82) is 0 Å². The molecule has 1 heterocycles. The zero-order valence-corrected chi connectivity index (χ0v) is 11.3. The topological polar surface area (TPSA) is 90.2 Å². The average Bonchev–Trinajstić information content (AvgIpc) is 2.40. The normalized spacial score (nSPS) is 36.6. The third-order valence-electron chi connectivity index (χ3n) is 2.84. The van der Waals surface area contributed by atoms with Crippen LogP contribution >= 0.6 is 0 Å². The summed E-state index contributed by atoms with van der Waals surface area (Å²) in [7, 11) is 0. The molecule has 0 saturated carbocycles. The van der Waals surface area contributed by atoms with Gasteiger partial charge >= 0.3 is 111 Å². The van der Waals surface area contributed by atoms with Crippen molar-refractivity contribution in [3.05, 3.63) is 30.3 Å². The van der Waals surface area contributed by atoms with Gasteiger partial charge in [0.25, 0.3) is 0 Å². The fourth-order valence-corrected chi connectivity index (χ4v) is 4.07. The van der Waals surface area contributed by atoms with Gasteiger partial charge in [0.1, 0.15) is 0 Å². The van der Waals surface area contributed by atoms with Crippen molar-refractivity contribution in [2.45, 2.75) is 29.4 Å². The maximum absolute atomic E-state index is 9.88. The van der Waals surface area contributed by atoms with Crippen LogP contribution in [0.5, 0.6) is 0 Å². The second kappa shape index (κ2) is 6.12. The predicted molar refractivity (Wildman–Crippen MR) is 65.6 cm³/mol. The summed E-state index contributed by atoms with van der Waals surface area (Å²) in [4.78, 5) is 0. The van der Waals surface area contributed by atoms with Crippen LogP contribution in [0.4, 0.5) is 0 Å². The molecule has 0 amide bonds. The molecule has 1 aromatic carbocycles. The second-order valence-electron chi connectivity index (χ2n) is 4.13. The fourth-order valence-electron chi connectivity index (χ4n) is 1.80. The Hall–Kier alpha value is -0.461. The average molecular weight is 319 g/mol. The van der Waals surface area contributed by atoms with Crippen LogP contribution in [-0.4, -0.2) is 71.4 Å². The van der Waals surface area contributed by atoms with E-state index < -0.39 is 29.4 Å². The maximum atomic E-state index is 9.88. The molecule has 0 spiro atoms. The van der Waals surface area contributed by atoms with E-state index in [2.05, 4.69) is 0 Å². The summed E-state index contributed by atoms with van der Waals surface area (Å²) in [5, 5.41) is 37.7. The number of aliphatic hydroxyl groups excluding tert-OH is 4. The Morgan fingerprint density at radius 3 is 2.28 bits per heavy atom. The summed E-state index contributed by atoms with van der Waals surface area (Å²) >= 11 is -0.199. The van der Waals surface area contributed by atoms with Crippen LogP contribution in [0.3, 0.4) is 0 Å². The van der Waals surface area contributed by atoms with Gasteiger partial charge in [0.05, 0.1) is 0 Å². The van der Waals surface area contributed by atoms with Crippen LogP contribution in [0, 0.1) is 0 Å². The molecular formula is C12H16O5Se. The molecule has 0 unspecified atom stereocenters. The molecule has 1 aliphatic heterocycles. The van der Waals surface area contributed by atoms with Crippen molar-refractivity contribution >= 4 is 19.4 Å². The first-order valence-corrected chi connectivity index (χ1v) is 7.50. The van der Waals surface area contributed by atoms with E-state index in [4.69, 9.17) is 9.84 Å². The predicted octanol–water partition coefficient (Wildman–Crippen LogP) is -2.18. The molecule has 1 aromatic rings. The van der Waals surface area contributed by atoms with Crippen molar-refractivity contribution in [3.8, 4) is 0 Å². The molecule has 5 nitrogen and oxygen atoms in total. The summed E-state index contributed by atoms with van der Waals surface area (Å²) in [6.07, 6.45) is -4.53. The Bertz CT molecular complexity index is 372. The molecule has 0 aromatic heterocycles. The molecule has 4 N–H and O–H groups in total. The molecule has 1 saturated heterocycles. The van der Waals surface area contributed by atoms with E-state index in [9.17, 15) is 15.3 Å². The molecule has 6 heteroatoms. The zero-order valence-electron chi connectivity index (χ0n) is 9.59. The van der Waals surface area contributed by atoms with Crippen molar-refractivity contribution in [3.63, 3.8) is 0 Å². The van der Waals surface area contributed by atoms with Crippen LogP contribution < -0.4 is 4.46 Å². The van der Waals surface area contributed by atoms with Crippen LogP contribution in [0.15, 0.2) is 30.3 Å². The molecular weight excluding hydrogens is 303 g/mol. The van der Waals surface area contributed by atoms with Crippen LogP contribution in [0.25, 0.3) is 0 Å². The zero-order chi connectivity index (χ0) is 13.1. The summed E-state index contributed by atoms with van der Waals surface area (Å²) in [5.41, 5.74) is 0. The van der Waals surface area contributed by atoms with Gasteiger partial charge in [0, 0.05) is 0 Å². The molecule has 1 fully saturated rings. The Labute approximate surface area is 111 Å². The Kier molecular flexibility index (Phi) is 4.75. The second-order valence-corrected chi connectivity index (χ2v) is 6.59. The first kappa shape index (κ1) is 14.0. The fraction of sp³-hybridized carbons (Fsp3) is 0.500. The van der Waals surface area contributed by atoms with Crippen molar-refractivity contribution in [2.24, 2.45) is 0 Å². The van der Waals surface area contributed by atoms with Gasteiger partial charge in [-0.05, 0) is 0 Å². The Morgan fingerprint density at radius 1 is 1.00 bits per heavy atom. The van der Waals surface area contributed by atoms with Crippen LogP contribution in [0.2, 0.25) is 0 Å². The summed E-state index contributed by atoms with van der Waals surface area (Å²) in [6, 6.07) is 9.51. The molecule has 1 aliphatic rings. The molecule has 0 radical (unpaired) electrons. The minimum absolute atomic E-state index is 0.199. The Morgan fingerprint density at radius 2 is 1.67 bits per heavy atom. The van der Waals surface area contributed by atoms with Gasteiger partial charge in [-0.2, -0.15) is 0 Å². The summed E-state index contributed by atoms with van der Waals surface area (Å²) in [6.45, 7) is -0.383. The standard InChI is InChI=1S/C12H16O5Se/c13-6-8-9(14)10(15)11(16)12(17-8)18-7-4-2-1-3-5-7/h1-5,8-16H,6H2/t8-,9-,10+,11-,12+/m1/s1. The number of aliphatic hydroxyl groups is 4. The number of hydrogen-bond acceptors (Lipinski definition) is 5. The van der Waals surface area contributed by atoms with Crippen molar-refractivity contribution < 1.29 is 25.2 Å². The number of rotatable bonds is 3. The molecule has 0 bridgehead atoms. The molecule has 100 valence electrons. The van der Waals surface area contributed by atoms with E-state index in [1.165, 1.54) is 0 Å². The molecule has 18 heavy (non-hydrogen) atoms. The van der Waals surface area contributed by atoms with Crippen LogP contribution in [0.1, 0.15) is 0 Å². The van der Waals surface area contributed by atoms with Crippen molar-refractivity contribution in [1.82, 2.24) is 0 Å². The summed E-state index contributed by atoms with van der Waals surface area (Å²) in [5.74, 6) is 0. The van der Waals surface area contributed by atoms with Gasteiger partial charge in [0.15, 0.2) is 0 Å². The van der Waals surface area contributed by atoms with Gasteiger partial charge in [-0.1, -0.05) is 0 Å². The Balaban J connectivity index is 2.08. The molecule has 2 rings (SSSR count).